The predicted molar refractivity (Wildman–Crippen MR) is 62.2 cm³/mol. The number of carbonyl (C=O) groups is 1. The van der Waals surface area contributed by atoms with E-state index in [4.69, 9.17) is 0 Å². The van der Waals surface area contributed by atoms with Gasteiger partial charge in [-0.1, -0.05) is 19.1 Å². The van der Waals surface area contributed by atoms with Crippen molar-refractivity contribution in [1.29, 1.82) is 0 Å². The topological polar surface area (TPSA) is 46.5 Å². The molecular weight excluding hydrogens is 261 g/mol. The Morgan fingerprint density at radius 3 is 2.58 bits per heavy atom. The van der Waals surface area contributed by atoms with Crippen molar-refractivity contribution in [3.05, 3.63) is 35.4 Å². The number of hydrogen-bond donors (Lipinski definition) is 1. The highest BCUT2D eigenvalue weighted by molar-refractivity contribution is 5.69. The third-order valence-corrected chi connectivity index (χ3v) is 2.81. The number of esters is 1. The maximum Gasteiger partial charge on any atom is 0.416 e. The van der Waals surface area contributed by atoms with Crippen LogP contribution < -0.4 is 0 Å². The average molecular weight is 276 g/mol. The molecule has 0 fully saturated rings. The largest absolute Gasteiger partial charge is 0.469 e. The van der Waals surface area contributed by atoms with Gasteiger partial charge in [0.1, 0.15) is 0 Å². The zero-order valence-corrected chi connectivity index (χ0v) is 10.6. The predicted octanol–water partition coefficient (Wildman–Crippen LogP) is 2.94. The first-order valence-electron chi connectivity index (χ1n) is 5.67. The van der Waals surface area contributed by atoms with Crippen LogP contribution in [0.15, 0.2) is 24.3 Å². The first-order valence-corrected chi connectivity index (χ1v) is 5.67. The number of ether oxygens (including phenoxy) is 1. The molecule has 19 heavy (non-hydrogen) atoms. The van der Waals surface area contributed by atoms with Crippen LogP contribution in [0.25, 0.3) is 0 Å². The Kier molecular flexibility index (Phi) is 4.94. The third-order valence-electron chi connectivity index (χ3n) is 2.81. The normalized spacial score (nSPS) is 14.8. The number of aliphatic hydroxyl groups is 1. The molecule has 0 radical (unpaired) electrons. The number of rotatable bonds is 4. The third kappa shape index (κ3) is 4.24. The molecule has 2 atom stereocenters. The monoisotopic (exact) mass is 276 g/mol. The second-order valence-electron chi connectivity index (χ2n) is 4.33. The Hall–Kier alpha value is -1.56. The van der Waals surface area contributed by atoms with Crippen molar-refractivity contribution < 1.29 is 27.8 Å². The Bertz CT molecular complexity index is 443. The van der Waals surface area contributed by atoms with Gasteiger partial charge in [0.05, 0.1) is 25.2 Å². The van der Waals surface area contributed by atoms with E-state index in [1.54, 1.807) is 6.92 Å². The van der Waals surface area contributed by atoms with Gasteiger partial charge in [-0.25, -0.2) is 0 Å². The van der Waals surface area contributed by atoms with Crippen molar-refractivity contribution in [3.63, 3.8) is 0 Å². The molecule has 1 aromatic rings. The number of carbonyl (C=O) groups excluding carboxylic acids is 1. The number of methoxy groups -OCH3 is 1. The molecule has 0 amide bonds. The molecule has 6 heteroatoms. The highest BCUT2D eigenvalue weighted by Crippen LogP contribution is 2.32. The second kappa shape index (κ2) is 6.06. The maximum absolute atomic E-state index is 12.5. The van der Waals surface area contributed by atoms with Crippen molar-refractivity contribution in [1.82, 2.24) is 0 Å². The minimum Gasteiger partial charge on any atom is -0.469 e. The molecule has 0 saturated heterocycles. The van der Waals surface area contributed by atoms with Crippen LogP contribution in [-0.2, 0) is 15.7 Å². The van der Waals surface area contributed by atoms with Crippen LogP contribution in [0.5, 0.6) is 0 Å². The molecule has 0 heterocycles. The van der Waals surface area contributed by atoms with Crippen LogP contribution in [0, 0.1) is 5.92 Å². The molecule has 0 aromatic heterocycles. The fourth-order valence-corrected chi connectivity index (χ4v) is 1.69. The van der Waals surface area contributed by atoms with Crippen LogP contribution in [-0.4, -0.2) is 18.2 Å². The second-order valence-corrected chi connectivity index (χ2v) is 4.33. The molecule has 0 aliphatic carbocycles. The lowest BCUT2D eigenvalue weighted by Crippen LogP contribution is -2.15. The van der Waals surface area contributed by atoms with E-state index in [1.165, 1.54) is 19.2 Å². The van der Waals surface area contributed by atoms with Crippen LogP contribution in [0.1, 0.15) is 30.6 Å². The van der Waals surface area contributed by atoms with Crippen LogP contribution in [0.4, 0.5) is 13.2 Å². The number of hydrogen-bond acceptors (Lipinski definition) is 3. The minimum atomic E-state index is -4.46. The standard InChI is InChI=1S/C13H15F3O3/c1-8(6-11(17)19-2)12(18)9-4-3-5-10(7-9)13(14,15)16/h3-5,7-8,12,18H,6H2,1-2H3. The summed E-state index contributed by atoms with van der Waals surface area (Å²) in [5, 5.41) is 9.95. The Morgan fingerprint density at radius 1 is 1.42 bits per heavy atom. The van der Waals surface area contributed by atoms with E-state index in [-0.39, 0.29) is 12.0 Å². The summed E-state index contributed by atoms with van der Waals surface area (Å²) in [4.78, 5) is 11.1. The van der Waals surface area contributed by atoms with Gasteiger partial charge in [0, 0.05) is 0 Å². The zero-order chi connectivity index (χ0) is 14.6. The average Bonchev–Trinajstić information content (AvgIpc) is 2.36. The number of benzene rings is 1. The van der Waals surface area contributed by atoms with E-state index in [2.05, 4.69) is 4.74 Å². The highest BCUT2D eigenvalue weighted by atomic mass is 19.4. The smallest absolute Gasteiger partial charge is 0.416 e. The molecule has 1 rings (SSSR count). The van der Waals surface area contributed by atoms with E-state index in [0.29, 0.717) is 0 Å². The van der Waals surface area contributed by atoms with Crippen molar-refractivity contribution in [2.75, 3.05) is 7.11 Å². The summed E-state index contributed by atoms with van der Waals surface area (Å²) >= 11 is 0. The number of alkyl halides is 3. The molecule has 2 unspecified atom stereocenters. The molecule has 0 spiro atoms. The summed E-state index contributed by atoms with van der Waals surface area (Å²) in [5.41, 5.74) is -0.694. The summed E-state index contributed by atoms with van der Waals surface area (Å²) in [6.07, 6.45) is -5.67. The number of halogens is 3. The van der Waals surface area contributed by atoms with Gasteiger partial charge in [0.25, 0.3) is 0 Å². The van der Waals surface area contributed by atoms with Crippen LogP contribution in [0.2, 0.25) is 0 Å². The Labute approximate surface area is 109 Å². The van der Waals surface area contributed by atoms with E-state index in [1.807, 2.05) is 0 Å². The molecule has 1 N–H and O–H groups in total. The minimum absolute atomic E-state index is 0.0616. The molecular formula is C13H15F3O3. The fourth-order valence-electron chi connectivity index (χ4n) is 1.69. The first kappa shape index (κ1) is 15.5. The van der Waals surface area contributed by atoms with Gasteiger partial charge in [-0.15, -0.1) is 0 Å². The van der Waals surface area contributed by atoms with E-state index in [0.717, 1.165) is 12.1 Å². The van der Waals surface area contributed by atoms with Crippen LogP contribution in [0.3, 0.4) is 0 Å². The zero-order valence-electron chi connectivity index (χ0n) is 10.6. The summed E-state index contributed by atoms with van der Waals surface area (Å²) in [7, 11) is 1.21. The van der Waals surface area contributed by atoms with Crippen molar-refractivity contribution in [3.8, 4) is 0 Å². The lowest BCUT2D eigenvalue weighted by atomic mass is 9.93. The molecule has 0 saturated carbocycles. The van der Waals surface area contributed by atoms with Gasteiger partial charge < -0.3 is 9.84 Å². The van der Waals surface area contributed by atoms with Crippen molar-refractivity contribution in [2.45, 2.75) is 25.6 Å². The molecule has 0 aliphatic heterocycles. The summed E-state index contributed by atoms with van der Waals surface area (Å²) in [6.45, 7) is 1.57. The summed E-state index contributed by atoms with van der Waals surface area (Å²) in [6, 6.07) is 4.44. The van der Waals surface area contributed by atoms with Crippen LogP contribution >= 0.6 is 0 Å². The summed E-state index contributed by atoms with van der Waals surface area (Å²) in [5.74, 6) is -1.05. The van der Waals surface area contributed by atoms with Gasteiger partial charge in [0.2, 0.25) is 0 Å². The van der Waals surface area contributed by atoms with E-state index >= 15 is 0 Å². The van der Waals surface area contributed by atoms with Gasteiger partial charge in [-0.05, 0) is 23.6 Å². The molecule has 1 aromatic carbocycles. The highest BCUT2D eigenvalue weighted by Gasteiger charge is 2.31. The lowest BCUT2D eigenvalue weighted by molar-refractivity contribution is -0.142. The number of aliphatic hydroxyl groups excluding tert-OH is 1. The molecule has 3 nitrogen and oxygen atoms in total. The Balaban J connectivity index is 2.88. The van der Waals surface area contributed by atoms with Gasteiger partial charge in [-0.2, -0.15) is 13.2 Å². The molecule has 0 bridgehead atoms. The quantitative estimate of drug-likeness (QED) is 0.860. The van der Waals surface area contributed by atoms with Gasteiger partial charge >= 0.3 is 12.1 Å². The first-order chi connectivity index (χ1) is 8.75. The van der Waals surface area contributed by atoms with Crippen molar-refractivity contribution >= 4 is 5.97 Å². The van der Waals surface area contributed by atoms with Crippen molar-refractivity contribution in [2.24, 2.45) is 5.92 Å². The molecule has 0 aliphatic rings. The maximum atomic E-state index is 12.5. The van der Waals surface area contributed by atoms with E-state index in [9.17, 15) is 23.1 Å². The SMILES string of the molecule is COC(=O)CC(C)C(O)c1cccc(C(F)(F)F)c1. The van der Waals surface area contributed by atoms with Gasteiger partial charge in [0.15, 0.2) is 0 Å². The lowest BCUT2D eigenvalue weighted by Gasteiger charge is -2.19. The van der Waals surface area contributed by atoms with E-state index < -0.39 is 29.7 Å². The fraction of sp³-hybridized carbons (Fsp3) is 0.462. The Morgan fingerprint density at radius 2 is 2.05 bits per heavy atom. The summed E-state index contributed by atoms with van der Waals surface area (Å²) < 4.78 is 42.1. The molecule has 106 valence electrons. The van der Waals surface area contributed by atoms with Gasteiger partial charge in [-0.3, -0.25) is 4.79 Å².